The lowest BCUT2D eigenvalue weighted by Crippen LogP contribution is -2.39. The number of hydroxylamine groups is 1. The van der Waals surface area contributed by atoms with E-state index in [0.29, 0.717) is 56.1 Å². The summed E-state index contributed by atoms with van der Waals surface area (Å²) < 4.78 is 16.8. The highest BCUT2D eigenvalue weighted by atomic mass is 16.6. The first-order valence-corrected chi connectivity index (χ1v) is 11.7. The maximum absolute atomic E-state index is 13.1. The van der Waals surface area contributed by atoms with Crippen LogP contribution in [0.4, 0.5) is 11.6 Å². The summed E-state index contributed by atoms with van der Waals surface area (Å²) in [5.41, 5.74) is 4.89. The topological polar surface area (TPSA) is 110 Å². The van der Waals surface area contributed by atoms with E-state index in [1.807, 2.05) is 17.0 Å². The summed E-state index contributed by atoms with van der Waals surface area (Å²) in [6, 6.07) is 8.87. The normalized spacial score (nSPS) is 16.5. The molecule has 1 aromatic heterocycles. The smallest absolute Gasteiger partial charge is 0.274 e. The minimum absolute atomic E-state index is 0.224. The zero-order valence-electron chi connectivity index (χ0n) is 20.0. The Bertz CT molecular complexity index is 1010. The van der Waals surface area contributed by atoms with Crippen LogP contribution in [0.1, 0.15) is 16.1 Å². The summed E-state index contributed by atoms with van der Waals surface area (Å²) in [5.74, 6) is 0.461. The van der Waals surface area contributed by atoms with Gasteiger partial charge in [0.2, 0.25) is 11.8 Å². The average molecular weight is 485 g/mol. The predicted molar refractivity (Wildman–Crippen MR) is 131 cm³/mol. The molecule has 2 aliphatic heterocycles. The average Bonchev–Trinajstić information content (AvgIpc) is 2.90. The van der Waals surface area contributed by atoms with Gasteiger partial charge in [-0.1, -0.05) is 18.7 Å². The Morgan fingerprint density at radius 3 is 2.57 bits per heavy atom. The van der Waals surface area contributed by atoms with Crippen LogP contribution in [0.15, 0.2) is 36.9 Å². The van der Waals surface area contributed by atoms with Crippen molar-refractivity contribution in [2.75, 3.05) is 83.1 Å². The predicted octanol–water partition coefficient (Wildman–Crippen LogP) is 1.40. The van der Waals surface area contributed by atoms with Gasteiger partial charge in [-0.05, 0) is 12.1 Å². The van der Waals surface area contributed by atoms with Crippen molar-refractivity contribution < 1.29 is 23.8 Å². The maximum atomic E-state index is 13.1. The fourth-order valence-electron chi connectivity index (χ4n) is 3.77. The molecule has 2 saturated heterocycles. The summed E-state index contributed by atoms with van der Waals surface area (Å²) in [6.45, 7) is 10.8. The summed E-state index contributed by atoms with van der Waals surface area (Å²) in [6.07, 6.45) is 0. The number of nitrogens with one attached hydrogen (secondary N) is 2. The van der Waals surface area contributed by atoms with Gasteiger partial charge in [0.25, 0.3) is 5.91 Å². The molecular formula is C24H32N6O5. The minimum Gasteiger partial charge on any atom is -0.476 e. The maximum Gasteiger partial charge on any atom is 0.274 e. The van der Waals surface area contributed by atoms with Crippen molar-refractivity contribution in [1.82, 2.24) is 20.3 Å². The van der Waals surface area contributed by atoms with Gasteiger partial charge in [-0.2, -0.15) is 4.98 Å². The quantitative estimate of drug-likeness (QED) is 0.480. The molecule has 11 nitrogen and oxygen atoms in total. The minimum atomic E-state index is -0.359. The van der Waals surface area contributed by atoms with Crippen molar-refractivity contribution in [3.63, 3.8) is 0 Å². The standard InChI is InChI=1S/C24H32N6O5/c1-18(28-32-2)19-4-3-5-20(16-19)25-23(31)21-17-22(35-15-8-29-6-11-33-12-7-29)27-24(26-21)30-9-13-34-14-10-30/h3-5,16-17,28H,1,6-15H2,2H3,(H,25,31). The Kier molecular flexibility index (Phi) is 8.85. The van der Waals surface area contributed by atoms with Gasteiger partial charge in [0.05, 0.1) is 39.2 Å². The van der Waals surface area contributed by atoms with Gasteiger partial charge >= 0.3 is 0 Å². The Morgan fingerprint density at radius 1 is 1.09 bits per heavy atom. The van der Waals surface area contributed by atoms with Gasteiger partial charge < -0.3 is 24.4 Å². The zero-order valence-corrected chi connectivity index (χ0v) is 20.0. The van der Waals surface area contributed by atoms with E-state index in [1.165, 1.54) is 7.11 Å². The van der Waals surface area contributed by atoms with E-state index in [2.05, 4.69) is 32.2 Å². The van der Waals surface area contributed by atoms with Crippen molar-refractivity contribution in [3.8, 4) is 5.88 Å². The van der Waals surface area contributed by atoms with E-state index < -0.39 is 0 Å². The highest BCUT2D eigenvalue weighted by Gasteiger charge is 2.20. The lowest BCUT2D eigenvalue weighted by atomic mass is 10.1. The fourth-order valence-corrected chi connectivity index (χ4v) is 3.77. The molecule has 0 bridgehead atoms. The van der Waals surface area contributed by atoms with Gasteiger partial charge in [-0.3, -0.25) is 20.0 Å². The van der Waals surface area contributed by atoms with E-state index in [1.54, 1.807) is 18.2 Å². The Balaban J connectivity index is 1.48. The second-order valence-electron chi connectivity index (χ2n) is 8.11. The number of rotatable bonds is 10. The molecule has 188 valence electrons. The number of hydrogen-bond acceptors (Lipinski definition) is 10. The van der Waals surface area contributed by atoms with Crippen molar-refractivity contribution >= 4 is 23.2 Å². The van der Waals surface area contributed by atoms with Crippen molar-refractivity contribution in [2.24, 2.45) is 0 Å². The Hall–Kier alpha value is -3.25. The molecule has 0 unspecified atom stereocenters. The molecule has 0 aliphatic carbocycles. The molecule has 0 atom stereocenters. The molecule has 35 heavy (non-hydrogen) atoms. The van der Waals surface area contributed by atoms with Gasteiger partial charge in [-0.25, -0.2) is 4.98 Å². The summed E-state index contributed by atoms with van der Waals surface area (Å²) in [4.78, 5) is 31.4. The molecule has 0 spiro atoms. The highest BCUT2D eigenvalue weighted by Crippen LogP contribution is 2.20. The monoisotopic (exact) mass is 484 g/mol. The lowest BCUT2D eigenvalue weighted by Gasteiger charge is -2.27. The Morgan fingerprint density at radius 2 is 1.83 bits per heavy atom. The third kappa shape index (κ3) is 7.12. The molecule has 0 radical (unpaired) electrons. The van der Waals surface area contributed by atoms with E-state index in [-0.39, 0.29) is 11.6 Å². The Labute approximate surface area is 205 Å². The SMILES string of the molecule is C=C(NOC)c1cccc(NC(=O)c2cc(OCCN3CCOCC3)nc(N3CCOCC3)n2)c1. The number of ether oxygens (including phenoxy) is 3. The third-order valence-corrected chi connectivity index (χ3v) is 5.67. The van der Waals surface area contributed by atoms with Gasteiger partial charge in [-0.15, -0.1) is 0 Å². The summed E-state index contributed by atoms with van der Waals surface area (Å²) in [7, 11) is 1.51. The third-order valence-electron chi connectivity index (χ3n) is 5.67. The first-order chi connectivity index (χ1) is 17.1. The number of morpholine rings is 2. The molecule has 1 aromatic carbocycles. The van der Waals surface area contributed by atoms with Crippen LogP contribution in [0.3, 0.4) is 0 Å². The summed E-state index contributed by atoms with van der Waals surface area (Å²) in [5, 5.41) is 2.90. The molecule has 4 rings (SSSR count). The molecule has 2 N–H and O–H groups in total. The number of benzene rings is 1. The number of hydrogen-bond donors (Lipinski definition) is 2. The van der Waals surface area contributed by atoms with Crippen LogP contribution in [0.5, 0.6) is 5.88 Å². The molecule has 2 fully saturated rings. The van der Waals surface area contributed by atoms with Gasteiger partial charge in [0.1, 0.15) is 12.3 Å². The summed E-state index contributed by atoms with van der Waals surface area (Å²) >= 11 is 0. The number of amides is 1. The number of nitrogens with zero attached hydrogens (tertiary/aromatic N) is 4. The van der Waals surface area contributed by atoms with Gasteiger partial charge in [0, 0.05) is 50.0 Å². The number of carbonyl (C=O) groups excluding carboxylic acids is 1. The highest BCUT2D eigenvalue weighted by molar-refractivity contribution is 6.03. The number of aromatic nitrogens is 2. The lowest BCUT2D eigenvalue weighted by molar-refractivity contribution is 0.0320. The van der Waals surface area contributed by atoms with Crippen LogP contribution in [0, 0.1) is 0 Å². The van der Waals surface area contributed by atoms with Crippen LogP contribution in [0.2, 0.25) is 0 Å². The van der Waals surface area contributed by atoms with E-state index in [9.17, 15) is 4.79 Å². The van der Waals surface area contributed by atoms with Gasteiger partial charge in [0.15, 0.2) is 0 Å². The molecule has 2 aromatic rings. The largest absolute Gasteiger partial charge is 0.476 e. The van der Waals surface area contributed by atoms with E-state index >= 15 is 0 Å². The van der Waals surface area contributed by atoms with Crippen LogP contribution in [0.25, 0.3) is 5.70 Å². The number of carbonyl (C=O) groups is 1. The first kappa shape index (κ1) is 24.9. The zero-order chi connectivity index (χ0) is 24.5. The fraction of sp³-hybridized carbons (Fsp3) is 0.458. The molecular weight excluding hydrogens is 452 g/mol. The molecule has 2 aliphatic rings. The molecule has 0 saturated carbocycles. The van der Waals surface area contributed by atoms with Crippen molar-refractivity contribution in [3.05, 3.63) is 48.2 Å². The van der Waals surface area contributed by atoms with Crippen molar-refractivity contribution in [2.45, 2.75) is 0 Å². The van der Waals surface area contributed by atoms with E-state index in [0.717, 1.165) is 38.4 Å². The van der Waals surface area contributed by atoms with Crippen LogP contribution in [-0.4, -0.2) is 93.6 Å². The number of anilines is 2. The molecule has 3 heterocycles. The second-order valence-corrected chi connectivity index (χ2v) is 8.11. The molecule has 1 amide bonds. The van der Waals surface area contributed by atoms with Crippen molar-refractivity contribution in [1.29, 1.82) is 0 Å². The van der Waals surface area contributed by atoms with Crippen LogP contribution >= 0.6 is 0 Å². The van der Waals surface area contributed by atoms with Crippen LogP contribution in [-0.2, 0) is 14.3 Å². The van der Waals surface area contributed by atoms with Crippen LogP contribution < -0.4 is 20.4 Å². The van der Waals surface area contributed by atoms with E-state index in [4.69, 9.17) is 19.0 Å². The first-order valence-electron chi connectivity index (χ1n) is 11.7. The second kappa shape index (κ2) is 12.5. The molecule has 11 heteroatoms.